The van der Waals surface area contributed by atoms with Crippen LogP contribution in [0.4, 0.5) is 5.69 Å². The molecule has 0 bridgehead atoms. The molecule has 0 fully saturated rings. The standard InChI is InChI=1S/C26H22N2O2.CO2/c1-5-14-27-26(29)19-9-7-18(8-10-19)25-21-12-6-17(2)15-23(21)30-24-16-20(28(3)4)11-13-22(24)25;2-1-3/h1,6-13,15-16H,2,14H2,3-4H3,(H,27,29);. The summed E-state index contributed by atoms with van der Waals surface area (Å²) in [5.74, 6) is 3.80. The minimum Gasteiger partial charge on any atom is -0.456 e. The van der Waals surface area contributed by atoms with Crippen LogP contribution < -0.4 is 25.4 Å². The predicted octanol–water partition coefficient (Wildman–Crippen LogP) is 2.30. The maximum absolute atomic E-state index is 12.2. The van der Waals surface area contributed by atoms with Crippen molar-refractivity contribution in [3.63, 3.8) is 0 Å². The fourth-order valence-corrected chi connectivity index (χ4v) is 3.53. The maximum Gasteiger partial charge on any atom is 0.373 e. The van der Waals surface area contributed by atoms with E-state index in [0.29, 0.717) is 5.56 Å². The van der Waals surface area contributed by atoms with Crippen molar-refractivity contribution in [1.82, 2.24) is 5.32 Å². The molecule has 0 saturated carbocycles. The number of ether oxygens (including phenoxy) is 1. The van der Waals surface area contributed by atoms with Gasteiger partial charge in [0.15, 0.2) is 0 Å². The zero-order valence-corrected chi connectivity index (χ0v) is 18.3. The molecule has 1 amide bonds. The van der Waals surface area contributed by atoms with Crippen LogP contribution in [0.25, 0.3) is 12.2 Å². The SMILES string of the molecule is C#CCNC(=O)c1ccc(C2=c3ccc(=C)cc3Oc3cc(N(C)C)ccc32)cc1.O=C=O. The van der Waals surface area contributed by atoms with Gasteiger partial charge >= 0.3 is 6.15 Å². The lowest BCUT2D eigenvalue weighted by atomic mass is 9.92. The number of nitrogens with zero attached hydrogens (tertiary/aromatic N) is 1. The van der Waals surface area contributed by atoms with E-state index in [1.807, 2.05) is 67.5 Å². The van der Waals surface area contributed by atoms with Gasteiger partial charge in [-0.2, -0.15) is 9.59 Å². The molecule has 1 heterocycles. The Hall–Kier alpha value is -4.59. The summed E-state index contributed by atoms with van der Waals surface area (Å²) in [5, 5.41) is 4.58. The van der Waals surface area contributed by atoms with E-state index in [1.54, 1.807) is 0 Å². The van der Waals surface area contributed by atoms with Gasteiger partial charge in [-0.05, 0) is 41.1 Å². The molecular formula is C27H22N2O4. The third-order valence-corrected chi connectivity index (χ3v) is 5.07. The minimum absolute atomic E-state index is 0.186. The van der Waals surface area contributed by atoms with Crippen LogP contribution in [0.5, 0.6) is 11.5 Å². The molecule has 0 aromatic heterocycles. The molecular weight excluding hydrogens is 416 g/mol. The lowest BCUT2D eigenvalue weighted by Crippen LogP contribution is -2.23. The average Bonchev–Trinajstić information content (AvgIpc) is 2.81. The Labute approximate surface area is 191 Å². The van der Waals surface area contributed by atoms with Crippen molar-refractivity contribution in [3.8, 4) is 23.8 Å². The number of nitrogens with one attached hydrogen (secondary N) is 1. The van der Waals surface area contributed by atoms with Crippen LogP contribution in [0.2, 0.25) is 0 Å². The van der Waals surface area contributed by atoms with Crippen LogP contribution in [-0.4, -0.2) is 32.7 Å². The van der Waals surface area contributed by atoms with E-state index >= 15 is 0 Å². The average molecular weight is 438 g/mol. The number of fused-ring (bicyclic) bond motifs is 2. The molecule has 1 N–H and O–H groups in total. The Morgan fingerprint density at radius 3 is 2.36 bits per heavy atom. The second kappa shape index (κ2) is 10.1. The molecule has 3 aromatic rings. The number of anilines is 1. The van der Waals surface area contributed by atoms with E-state index in [-0.39, 0.29) is 18.6 Å². The number of benzene rings is 3. The quantitative estimate of drug-likeness (QED) is 0.495. The molecule has 3 aromatic carbocycles. The third kappa shape index (κ3) is 5.01. The van der Waals surface area contributed by atoms with Crippen LogP contribution in [0.3, 0.4) is 0 Å². The predicted molar refractivity (Wildman–Crippen MR) is 126 cm³/mol. The molecule has 6 heteroatoms. The molecule has 1 aliphatic heterocycles. The van der Waals surface area contributed by atoms with Gasteiger partial charge in [-0.1, -0.05) is 36.8 Å². The highest BCUT2D eigenvalue weighted by atomic mass is 16.5. The highest BCUT2D eigenvalue weighted by molar-refractivity contribution is 5.95. The molecule has 4 rings (SSSR count). The van der Waals surface area contributed by atoms with Crippen molar-refractivity contribution in [1.29, 1.82) is 0 Å². The molecule has 0 saturated heterocycles. The molecule has 164 valence electrons. The van der Waals surface area contributed by atoms with Crippen molar-refractivity contribution in [3.05, 3.63) is 87.8 Å². The fraction of sp³-hybridized carbons (Fsp3) is 0.111. The van der Waals surface area contributed by atoms with Crippen molar-refractivity contribution < 1.29 is 19.1 Å². The molecule has 0 aliphatic carbocycles. The van der Waals surface area contributed by atoms with Crippen molar-refractivity contribution in [2.24, 2.45) is 0 Å². The Morgan fingerprint density at radius 1 is 1.03 bits per heavy atom. The number of carbonyl (C=O) groups is 1. The first-order valence-electron chi connectivity index (χ1n) is 10.0. The summed E-state index contributed by atoms with van der Waals surface area (Å²) >= 11 is 0. The van der Waals surface area contributed by atoms with E-state index < -0.39 is 0 Å². The Balaban J connectivity index is 0.000000968. The first kappa shape index (κ1) is 23.1. The molecule has 1 aliphatic rings. The van der Waals surface area contributed by atoms with Gasteiger partial charge in [0.1, 0.15) is 11.5 Å². The Morgan fingerprint density at radius 2 is 1.73 bits per heavy atom. The van der Waals surface area contributed by atoms with Crippen LogP contribution >= 0.6 is 0 Å². The first-order valence-corrected chi connectivity index (χ1v) is 10.0. The summed E-state index contributed by atoms with van der Waals surface area (Å²) in [6.07, 6.45) is 5.47. The largest absolute Gasteiger partial charge is 0.456 e. The number of carbonyl (C=O) groups excluding carboxylic acids is 3. The van der Waals surface area contributed by atoms with Crippen LogP contribution in [0.15, 0.2) is 60.7 Å². The van der Waals surface area contributed by atoms with Gasteiger partial charge in [0, 0.05) is 47.8 Å². The summed E-state index contributed by atoms with van der Waals surface area (Å²) < 4.78 is 6.24. The third-order valence-electron chi connectivity index (χ3n) is 5.07. The molecule has 6 nitrogen and oxygen atoms in total. The molecule has 33 heavy (non-hydrogen) atoms. The number of hydrogen-bond donors (Lipinski definition) is 1. The zero-order valence-electron chi connectivity index (χ0n) is 18.3. The number of amides is 1. The van der Waals surface area contributed by atoms with Gasteiger partial charge in [0.05, 0.1) is 6.54 Å². The summed E-state index contributed by atoms with van der Waals surface area (Å²) in [6, 6.07) is 19.7. The lowest BCUT2D eigenvalue weighted by Gasteiger charge is -2.23. The second-order valence-corrected chi connectivity index (χ2v) is 7.43. The van der Waals surface area contributed by atoms with Gasteiger partial charge in [-0.15, -0.1) is 6.42 Å². The number of rotatable bonds is 4. The summed E-state index contributed by atoms with van der Waals surface area (Å²) in [7, 11) is 4.00. The highest BCUT2D eigenvalue weighted by Crippen LogP contribution is 2.37. The molecule has 0 unspecified atom stereocenters. The molecule has 0 spiro atoms. The smallest absolute Gasteiger partial charge is 0.373 e. The monoisotopic (exact) mass is 438 g/mol. The normalized spacial score (nSPS) is 10.8. The molecule has 0 atom stereocenters. The summed E-state index contributed by atoms with van der Waals surface area (Å²) in [4.78, 5) is 30.5. The maximum atomic E-state index is 12.2. The minimum atomic E-state index is -0.186. The van der Waals surface area contributed by atoms with Gasteiger partial charge in [-0.25, -0.2) is 0 Å². The number of terminal acetylenes is 1. The van der Waals surface area contributed by atoms with E-state index in [0.717, 1.165) is 44.3 Å². The van der Waals surface area contributed by atoms with Gasteiger partial charge in [0.25, 0.3) is 5.91 Å². The zero-order chi connectivity index (χ0) is 24.0. The summed E-state index contributed by atoms with van der Waals surface area (Å²) in [6.45, 7) is 4.23. The van der Waals surface area contributed by atoms with Crippen molar-refractivity contribution >= 4 is 29.9 Å². The summed E-state index contributed by atoms with van der Waals surface area (Å²) in [5.41, 5.74) is 4.70. The number of hydrogen-bond acceptors (Lipinski definition) is 5. The molecule has 0 radical (unpaired) electrons. The van der Waals surface area contributed by atoms with Crippen LogP contribution in [0.1, 0.15) is 21.5 Å². The van der Waals surface area contributed by atoms with Crippen LogP contribution in [0, 0.1) is 12.3 Å². The van der Waals surface area contributed by atoms with E-state index in [1.165, 1.54) is 0 Å². The van der Waals surface area contributed by atoms with E-state index in [2.05, 4.69) is 29.9 Å². The van der Waals surface area contributed by atoms with Crippen molar-refractivity contribution in [2.45, 2.75) is 0 Å². The van der Waals surface area contributed by atoms with Gasteiger partial charge in [0.2, 0.25) is 0 Å². The van der Waals surface area contributed by atoms with Gasteiger partial charge < -0.3 is 15.0 Å². The highest BCUT2D eigenvalue weighted by Gasteiger charge is 2.21. The lowest BCUT2D eigenvalue weighted by molar-refractivity contribution is -0.191. The van der Waals surface area contributed by atoms with E-state index in [4.69, 9.17) is 20.7 Å². The van der Waals surface area contributed by atoms with E-state index in [9.17, 15) is 4.79 Å². The first-order chi connectivity index (χ1) is 15.9. The van der Waals surface area contributed by atoms with Crippen molar-refractivity contribution in [2.75, 3.05) is 25.5 Å². The topological polar surface area (TPSA) is 75.7 Å². The second-order valence-electron chi connectivity index (χ2n) is 7.43. The van der Waals surface area contributed by atoms with Gasteiger partial charge in [-0.3, -0.25) is 4.79 Å². The Bertz CT molecular complexity index is 1380. The van der Waals surface area contributed by atoms with Crippen LogP contribution in [-0.2, 0) is 9.59 Å². The Kier molecular flexibility index (Phi) is 7.10. The fourth-order valence-electron chi connectivity index (χ4n) is 3.53.